The van der Waals surface area contributed by atoms with Crippen molar-refractivity contribution in [2.24, 2.45) is 0 Å². The van der Waals surface area contributed by atoms with E-state index < -0.39 is 11.8 Å². The van der Waals surface area contributed by atoms with Gasteiger partial charge in [0.05, 0.1) is 5.56 Å². The van der Waals surface area contributed by atoms with Crippen molar-refractivity contribution >= 4 is 29.2 Å². The van der Waals surface area contributed by atoms with Gasteiger partial charge in [0, 0.05) is 11.0 Å². The summed E-state index contributed by atoms with van der Waals surface area (Å²) in [6, 6.07) is 5.41. The molecule has 0 saturated heterocycles. The summed E-state index contributed by atoms with van der Waals surface area (Å²) in [5.41, 5.74) is 5.06. The Morgan fingerprint density at radius 2 is 2.10 bits per heavy atom. The predicted molar refractivity (Wildman–Crippen MR) is 77.1 cm³/mol. The van der Waals surface area contributed by atoms with Gasteiger partial charge < -0.3 is 4.42 Å². The summed E-state index contributed by atoms with van der Waals surface area (Å²) in [6.45, 7) is 3.45. The third-order valence-electron chi connectivity index (χ3n) is 2.53. The van der Waals surface area contributed by atoms with Crippen molar-refractivity contribution in [1.82, 2.24) is 10.9 Å². The van der Waals surface area contributed by atoms with E-state index in [0.717, 1.165) is 4.88 Å². The number of hydrazine groups is 1. The van der Waals surface area contributed by atoms with E-state index in [1.165, 1.54) is 17.4 Å². The lowest BCUT2D eigenvalue weighted by Gasteiger charge is -2.03. The second-order valence-electron chi connectivity index (χ2n) is 4.12. The maximum absolute atomic E-state index is 11.8. The van der Waals surface area contributed by atoms with Crippen molar-refractivity contribution in [3.63, 3.8) is 0 Å². The minimum Gasteiger partial charge on any atom is -0.466 e. The quantitative estimate of drug-likeness (QED) is 0.673. The summed E-state index contributed by atoms with van der Waals surface area (Å²) in [5.74, 6) is 0.363. The number of hydrogen-bond donors (Lipinski definition) is 2. The molecule has 0 saturated carbocycles. The molecule has 0 unspecified atom stereocenters. The topological polar surface area (TPSA) is 71.3 Å². The molecule has 2 aromatic rings. The Morgan fingerprint density at radius 3 is 2.70 bits per heavy atom. The van der Waals surface area contributed by atoms with Crippen LogP contribution >= 0.6 is 11.3 Å². The highest BCUT2D eigenvalue weighted by atomic mass is 32.1. The van der Waals surface area contributed by atoms with E-state index in [9.17, 15) is 9.59 Å². The lowest BCUT2D eigenvalue weighted by molar-refractivity contribution is -0.117. The first-order chi connectivity index (χ1) is 9.56. The molecule has 0 spiro atoms. The molecule has 2 heterocycles. The van der Waals surface area contributed by atoms with Crippen molar-refractivity contribution in [2.45, 2.75) is 13.8 Å². The van der Waals surface area contributed by atoms with Gasteiger partial charge in [0.25, 0.3) is 11.8 Å². The number of amides is 2. The zero-order valence-electron chi connectivity index (χ0n) is 11.1. The fourth-order valence-electron chi connectivity index (χ4n) is 1.63. The second-order valence-corrected chi connectivity index (χ2v) is 5.10. The van der Waals surface area contributed by atoms with Crippen molar-refractivity contribution in [2.75, 3.05) is 0 Å². The molecule has 0 radical (unpaired) electrons. The Labute approximate surface area is 120 Å². The van der Waals surface area contributed by atoms with Gasteiger partial charge in [0.15, 0.2) is 0 Å². The van der Waals surface area contributed by atoms with Gasteiger partial charge in [-0.3, -0.25) is 20.4 Å². The minimum atomic E-state index is -0.405. The minimum absolute atomic E-state index is 0.399. The van der Waals surface area contributed by atoms with Crippen LogP contribution < -0.4 is 10.9 Å². The lowest BCUT2D eigenvalue weighted by atomic mass is 10.2. The van der Waals surface area contributed by atoms with E-state index in [4.69, 9.17) is 4.42 Å². The summed E-state index contributed by atoms with van der Waals surface area (Å²) in [6.07, 6.45) is 3.04. The van der Waals surface area contributed by atoms with Gasteiger partial charge >= 0.3 is 0 Å². The van der Waals surface area contributed by atoms with Crippen LogP contribution in [-0.4, -0.2) is 11.8 Å². The first kappa shape index (κ1) is 14.1. The molecule has 0 fully saturated rings. The monoisotopic (exact) mass is 290 g/mol. The Hall–Kier alpha value is -2.34. The normalized spacial score (nSPS) is 10.7. The van der Waals surface area contributed by atoms with Gasteiger partial charge in [-0.2, -0.15) is 0 Å². The smallest absolute Gasteiger partial charge is 0.273 e. The maximum Gasteiger partial charge on any atom is 0.273 e. The summed E-state index contributed by atoms with van der Waals surface area (Å²) in [7, 11) is 0. The highest BCUT2D eigenvalue weighted by Crippen LogP contribution is 2.13. The average molecular weight is 290 g/mol. The zero-order valence-corrected chi connectivity index (χ0v) is 11.9. The summed E-state index contributed by atoms with van der Waals surface area (Å²) >= 11 is 1.52. The largest absolute Gasteiger partial charge is 0.466 e. The third kappa shape index (κ3) is 3.58. The highest BCUT2D eigenvalue weighted by molar-refractivity contribution is 7.10. The van der Waals surface area contributed by atoms with Gasteiger partial charge in [0.2, 0.25) is 0 Å². The van der Waals surface area contributed by atoms with E-state index in [2.05, 4.69) is 10.9 Å². The van der Waals surface area contributed by atoms with Crippen molar-refractivity contribution in [3.05, 3.63) is 51.6 Å². The van der Waals surface area contributed by atoms with Crippen LogP contribution in [0.5, 0.6) is 0 Å². The number of carbonyl (C=O) groups is 2. The summed E-state index contributed by atoms with van der Waals surface area (Å²) in [4.78, 5) is 24.3. The van der Waals surface area contributed by atoms with E-state index in [1.807, 2.05) is 17.5 Å². The molecule has 0 aliphatic heterocycles. The predicted octanol–water partition coefficient (Wildman–Crippen LogP) is 2.43. The molecule has 5 nitrogen and oxygen atoms in total. The van der Waals surface area contributed by atoms with Gasteiger partial charge in [0.1, 0.15) is 11.5 Å². The van der Waals surface area contributed by atoms with Crippen LogP contribution in [0.4, 0.5) is 0 Å². The first-order valence-corrected chi connectivity index (χ1v) is 6.83. The molecule has 20 heavy (non-hydrogen) atoms. The van der Waals surface area contributed by atoms with Gasteiger partial charge in [-0.25, -0.2) is 0 Å². The molecule has 2 aromatic heterocycles. The van der Waals surface area contributed by atoms with E-state index in [1.54, 1.807) is 26.0 Å². The molecule has 0 atom stereocenters. The van der Waals surface area contributed by atoms with Gasteiger partial charge in [-0.15, -0.1) is 11.3 Å². The molecule has 0 aliphatic carbocycles. The van der Waals surface area contributed by atoms with Gasteiger partial charge in [-0.1, -0.05) is 6.07 Å². The van der Waals surface area contributed by atoms with E-state index in [0.29, 0.717) is 17.1 Å². The van der Waals surface area contributed by atoms with Crippen LogP contribution in [0, 0.1) is 13.8 Å². The van der Waals surface area contributed by atoms with Crippen LogP contribution in [0.1, 0.15) is 26.8 Å². The van der Waals surface area contributed by atoms with Crippen LogP contribution in [0.3, 0.4) is 0 Å². The van der Waals surface area contributed by atoms with Gasteiger partial charge in [-0.05, 0) is 37.4 Å². The lowest BCUT2D eigenvalue weighted by Crippen LogP contribution is -2.40. The number of hydrogen-bond acceptors (Lipinski definition) is 4. The Bertz CT molecular complexity index is 641. The van der Waals surface area contributed by atoms with Crippen molar-refractivity contribution < 1.29 is 14.0 Å². The number of rotatable bonds is 3. The molecule has 0 aliphatic rings. The third-order valence-corrected chi connectivity index (χ3v) is 3.36. The van der Waals surface area contributed by atoms with Crippen molar-refractivity contribution in [3.8, 4) is 0 Å². The summed E-state index contributed by atoms with van der Waals surface area (Å²) in [5, 5.41) is 1.92. The number of thiophene rings is 1. The second kappa shape index (κ2) is 6.21. The Balaban J connectivity index is 1.87. The van der Waals surface area contributed by atoms with Crippen LogP contribution in [0.15, 0.2) is 34.1 Å². The molecule has 2 N–H and O–H groups in total. The maximum atomic E-state index is 11.8. The molecule has 6 heteroatoms. The number of furan rings is 1. The number of carbonyl (C=O) groups excluding carboxylic acids is 2. The number of aryl methyl sites for hydroxylation is 2. The molecule has 0 bridgehead atoms. The molecule has 2 rings (SSSR count). The first-order valence-electron chi connectivity index (χ1n) is 5.95. The average Bonchev–Trinajstić information content (AvgIpc) is 3.03. The zero-order chi connectivity index (χ0) is 14.5. The van der Waals surface area contributed by atoms with Crippen LogP contribution in [-0.2, 0) is 4.79 Å². The number of nitrogens with one attached hydrogen (secondary N) is 2. The Morgan fingerprint density at radius 1 is 1.30 bits per heavy atom. The standard InChI is InChI=1S/C14H14N2O3S/c1-9-8-12(10(2)19-9)14(18)16-15-13(17)6-5-11-4-3-7-20-11/h3-8H,1-2H3,(H,15,17)(H,16,18). The fraction of sp³-hybridized carbons (Fsp3) is 0.143. The molecular weight excluding hydrogens is 276 g/mol. The Kier molecular flexibility index (Phi) is 4.37. The summed E-state index contributed by atoms with van der Waals surface area (Å²) < 4.78 is 5.25. The fourth-order valence-corrected chi connectivity index (χ4v) is 2.25. The van der Waals surface area contributed by atoms with E-state index >= 15 is 0 Å². The van der Waals surface area contributed by atoms with E-state index in [-0.39, 0.29) is 0 Å². The molecule has 2 amide bonds. The van der Waals surface area contributed by atoms with Crippen LogP contribution in [0.2, 0.25) is 0 Å². The molecular formula is C14H14N2O3S. The molecule has 104 valence electrons. The van der Waals surface area contributed by atoms with Crippen molar-refractivity contribution in [1.29, 1.82) is 0 Å². The highest BCUT2D eigenvalue weighted by Gasteiger charge is 2.13. The SMILES string of the molecule is Cc1cc(C(=O)NNC(=O)C=Cc2cccs2)c(C)o1. The van der Waals surface area contributed by atoms with Crippen LogP contribution in [0.25, 0.3) is 6.08 Å². The molecule has 0 aromatic carbocycles.